The Bertz CT molecular complexity index is 568. The van der Waals surface area contributed by atoms with Crippen LogP contribution in [0.1, 0.15) is 41.6 Å². The van der Waals surface area contributed by atoms with Crippen LogP contribution in [0.15, 0.2) is 28.8 Å². The molecule has 0 saturated heterocycles. The highest BCUT2D eigenvalue weighted by Gasteiger charge is 2.25. The van der Waals surface area contributed by atoms with Crippen LogP contribution in [0.4, 0.5) is 0 Å². The van der Waals surface area contributed by atoms with Crippen LogP contribution >= 0.6 is 0 Å². The zero-order chi connectivity index (χ0) is 13.8. The highest BCUT2D eigenvalue weighted by Crippen LogP contribution is 2.35. The topological polar surface area (TPSA) is 74.2 Å². The number of aromatic nitrogens is 2. The van der Waals surface area contributed by atoms with Gasteiger partial charge in [-0.3, -0.25) is 0 Å². The first-order valence-electron chi connectivity index (χ1n) is 7.06. The lowest BCUT2D eigenvalue weighted by Gasteiger charge is -2.22. The van der Waals surface area contributed by atoms with Crippen LogP contribution in [-0.2, 0) is 17.8 Å². The Labute approximate surface area is 118 Å². The predicted octanol–water partition coefficient (Wildman–Crippen LogP) is 2.01. The first-order valence-corrected chi connectivity index (χ1v) is 7.06. The maximum absolute atomic E-state index is 5.38. The molecule has 2 aromatic rings. The van der Waals surface area contributed by atoms with E-state index >= 15 is 0 Å². The first kappa shape index (κ1) is 13.3. The van der Waals surface area contributed by atoms with E-state index in [0.717, 1.165) is 25.1 Å². The predicted molar refractivity (Wildman–Crippen MR) is 74.2 cm³/mol. The number of aryl methyl sites for hydroxylation is 1. The average Bonchev–Trinajstić information content (AvgIpc) is 2.96. The molecule has 0 fully saturated rings. The van der Waals surface area contributed by atoms with Crippen molar-refractivity contribution < 1.29 is 9.26 Å². The third kappa shape index (κ3) is 2.73. The molecule has 0 aliphatic heterocycles. The molecule has 1 atom stereocenters. The van der Waals surface area contributed by atoms with E-state index in [2.05, 4.69) is 34.4 Å². The van der Waals surface area contributed by atoms with Gasteiger partial charge in [0.05, 0.1) is 6.61 Å². The van der Waals surface area contributed by atoms with Crippen molar-refractivity contribution >= 4 is 0 Å². The molecule has 0 amide bonds. The molecular formula is C15H19N3O2. The fourth-order valence-corrected chi connectivity index (χ4v) is 2.73. The summed E-state index contributed by atoms with van der Waals surface area (Å²) in [5, 5.41) is 4.12. The number of ether oxygens (including phenoxy) is 1. The molecule has 0 spiro atoms. The second-order valence-electron chi connectivity index (χ2n) is 5.03. The molecule has 20 heavy (non-hydrogen) atoms. The molecule has 1 unspecified atom stereocenters. The minimum Gasteiger partial charge on any atom is -0.370 e. The smallest absolute Gasteiger partial charge is 0.252 e. The number of hydrogen-bond donors (Lipinski definition) is 1. The fraction of sp³-hybridized carbons (Fsp3) is 0.467. The molecule has 1 aromatic heterocycles. The standard InChI is InChI=1S/C15H19N3O2/c16-8-9-19-10-14-17-15(18-20-14)13-7-3-5-11-4-1-2-6-12(11)13/h1-2,4,6,13H,3,5,7-10,16H2. The SMILES string of the molecule is NCCOCc1nc(C2CCCc3ccccc32)no1. The quantitative estimate of drug-likeness (QED) is 0.843. The van der Waals surface area contributed by atoms with E-state index in [-0.39, 0.29) is 5.92 Å². The minimum atomic E-state index is 0.243. The Hall–Kier alpha value is -1.72. The molecule has 1 aromatic carbocycles. The Morgan fingerprint density at radius 1 is 1.35 bits per heavy atom. The molecule has 1 heterocycles. The van der Waals surface area contributed by atoms with Gasteiger partial charge in [-0.05, 0) is 30.4 Å². The number of benzene rings is 1. The second kappa shape index (κ2) is 6.15. The second-order valence-corrected chi connectivity index (χ2v) is 5.03. The van der Waals surface area contributed by atoms with Gasteiger partial charge in [0.2, 0.25) is 0 Å². The lowest BCUT2D eigenvalue weighted by Crippen LogP contribution is -2.12. The third-order valence-electron chi connectivity index (χ3n) is 3.65. The molecule has 2 N–H and O–H groups in total. The van der Waals surface area contributed by atoms with Crippen molar-refractivity contribution in [3.8, 4) is 0 Å². The Balaban J connectivity index is 1.77. The van der Waals surface area contributed by atoms with E-state index in [1.807, 2.05) is 0 Å². The van der Waals surface area contributed by atoms with E-state index in [9.17, 15) is 0 Å². The number of fused-ring (bicyclic) bond motifs is 1. The summed E-state index contributed by atoms with van der Waals surface area (Å²) in [5.74, 6) is 1.53. The molecule has 0 radical (unpaired) electrons. The van der Waals surface area contributed by atoms with Gasteiger partial charge < -0.3 is 15.0 Å². The lowest BCUT2D eigenvalue weighted by atomic mass is 9.82. The zero-order valence-electron chi connectivity index (χ0n) is 11.4. The van der Waals surface area contributed by atoms with E-state index in [1.165, 1.54) is 11.1 Å². The fourth-order valence-electron chi connectivity index (χ4n) is 2.73. The largest absolute Gasteiger partial charge is 0.370 e. The highest BCUT2D eigenvalue weighted by molar-refractivity contribution is 5.35. The van der Waals surface area contributed by atoms with E-state index in [4.69, 9.17) is 15.0 Å². The maximum atomic E-state index is 5.38. The zero-order valence-corrected chi connectivity index (χ0v) is 11.4. The average molecular weight is 273 g/mol. The van der Waals surface area contributed by atoms with Crippen LogP contribution in [0, 0.1) is 0 Å². The van der Waals surface area contributed by atoms with Gasteiger partial charge >= 0.3 is 0 Å². The third-order valence-corrected chi connectivity index (χ3v) is 3.65. The molecule has 5 nitrogen and oxygen atoms in total. The lowest BCUT2D eigenvalue weighted by molar-refractivity contribution is 0.104. The molecule has 5 heteroatoms. The summed E-state index contributed by atoms with van der Waals surface area (Å²) in [6, 6.07) is 8.51. The summed E-state index contributed by atoms with van der Waals surface area (Å²) in [6.45, 7) is 1.33. The van der Waals surface area contributed by atoms with Gasteiger partial charge in [0, 0.05) is 12.5 Å². The molecule has 106 valence electrons. The first-order chi connectivity index (χ1) is 9.88. The van der Waals surface area contributed by atoms with Gasteiger partial charge in [0.25, 0.3) is 5.89 Å². The van der Waals surface area contributed by atoms with E-state index in [1.54, 1.807) is 0 Å². The van der Waals surface area contributed by atoms with Crippen LogP contribution in [0.25, 0.3) is 0 Å². The van der Waals surface area contributed by atoms with Crippen molar-refractivity contribution in [3.63, 3.8) is 0 Å². The summed E-state index contributed by atoms with van der Waals surface area (Å²) in [5.41, 5.74) is 8.10. The van der Waals surface area contributed by atoms with Gasteiger partial charge in [-0.25, -0.2) is 0 Å². The molecule has 3 rings (SSSR count). The minimum absolute atomic E-state index is 0.243. The molecular weight excluding hydrogens is 254 g/mol. The van der Waals surface area contributed by atoms with E-state index < -0.39 is 0 Å². The van der Waals surface area contributed by atoms with Gasteiger partial charge in [-0.15, -0.1) is 0 Å². The van der Waals surface area contributed by atoms with Crippen LogP contribution < -0.4 is 5.73 Å². The Kier molecular flexibility index (Phi) is 4.08. The van der Waals surface area contributed by atoms with Gasteiger partial charge in [0.15, 0.2) is 5.82 Å². The molecule has 0 bridgehead atoms. The van der Waals surface area contributed by atoms with Crippen LogP contribution in [-0.4, -0.2) is 23.3 Å². The van der Waals surface area contributed by atoms with Crippen molar-refractivity contribution in [1.29, 1.82) is 0 Å². The maximum Gasteiger partial charge on any atom is 0.252 e. The van der Waals surface area contributed by atoms with Crippen molar-refractivity contribution in [2.45, 2.75) is 31.8 Å². The van der Waals surface area contributed by atoms with Crippen LogP contribution in [0.3, 0.4) is 0 Å². The van der Waals surface area contributed by atoms with Crippen molar-refractivity contribution in [1.82, 2.24) is 10.1 Å². The number of nitrogens with two attached hydrogens (primary N) is 1. The van der Waals surface area contributed by atoms with Crippen molar-refractivity contribution in [2.24, 2.45) is 5.73 Å². The van der Waals surface area contributed by atoms with Gasteiger partial charge in [-0.1, -0.05) is 29.4 Å². The summed E-state index contributed by atoms with van der Waals surface area (Å²) >= 11 is 0. The molecule has 1 aliphatic carbocycles. The highest BCUT2D eigenvalue weighted by atomic mass is 16.5. The van der Waals surface area contributed by atoms with Gasteiger partial charge in [0.1, 0.15) is 6.61 Å². The molecule has 1 aliphatic rings. The summed E-state index contributed by atoms with van der Waals surface area (Å²) < 4.78 is 10.6. The summed E-state index contributed by atoms with van der Waals surface area (Å²) in [7, 11) is 0. The number of nitrogens with zero attached hydrogens (tertiary/aromatic N) is 2. The summed E-state index contributed by atoms with van der Waals surface area (Å²) in [6.07, 6.45) is 3.37. The molecule has 0 saturated carbocycles. The Morgan fingerprint density at radius 3 is 3.15 bits per heavy atom. The van der Waals surface area contributed by atoms with Crippen LogP contribution in [0.2, 0.25) is 0 Å². The van der Waals surface area contributed by atoms with E-state index in [0.29, 0.717) is 25.6 Å². The van der Waals surface area contributed by atoms with Gasteiger partial charge in [-0.2, -0.15) is 4.98 Å². The normalized spacial score (nSPS) is 17.9. The van der Waals surface area contributed by atoms with Crippen molar-refractivity contribution in [2.75, 3.05) is 13.2 Å². The van der Waals surface area contributed by atoms with Crippen LogP contribution in [0.5, 0.6) is 0 Å². The number of rotatable bonds is 5. The number of hydrogen-bond acceptors (Lipinski definition) is 5. The monoisotopic (exact) mass is 273 g/mol. The summed E-state index contributed by atoms with van der Waals surface area (Å²) in [4.78, 5) is 4.46. The Morgan fingerprint density at radius 2 is 2.25 bits per heavy atom. The van der Waals surface area contributed by atoms with Crippen molar-refractivity contribution in [3.05, 3.63) is 47.1 Å².